The summed E-state index contributed by atoms with van der Waals surface area (Å²) < 4.78 is 0. The lowest BCUT2D eigenvalue weighted by molar-refractivity contribution is -0.133. The molecule has 1 aromatic carbocycles. The van der Waals surface area contributed by atoms with Gasteiger partial charge >= 0.3 is 0 Å². The standard InChI is InChI=1S/C17H25N3O/c1-2-19-9-11-20(12-10-19)17(21)13-16-15-6-4-3-5-14(15)7-8-18-16/h3-6,16,18H,2,7-13H2,1H3. The van der Waals surface area contributed by atoms with Crippen molar-refractivity contribution in [2.45, 2.75) is 25.8 Å². The Hall–Kier alpha value is -1.39. The van der Waals surface area contributed by atoms with Crippen molar-refractivity contribution in [3.05, 3.63) is 35.4 Å². The fourth-order valence-corrected chi connectivity index (χ4v) is 3.39. The molecule has 1 N–H and O–H groups in total. The van der Waals surface area contributed by atoms with Gasteiger partial charge in [-0.1, -0.05) is 31.2 Å². The highest BCUT2D eigenvalue weighted by molar-refractivity contribution is 5.77. The van der Waals surface area contributed by atoms with Crippen molar-refractivity contribution in [1.29, 1.82) is 0 Å². The van der Waals surface area contributed by atoms with E-state index in [2.05, 4.69) is 41.4 Å². The Morgan fingerprint density at radius 3 is 2.76 bits per heavy atom. The van der Waals surface area contributed by atoms with Crippen LogP contribution in [0.4, 0.5) is 0 Å². The molecule has 2 aliphatic rings. The fourth-order valence-electron chi connectivity index (χ4n) is 3.39. The summed E-state index contributed by atoms with van der Waals surface area (Å²) in [6, 6.07) is 8.70. The smallest absolute Gasteiger partial charge is 0.224 e. The van der Waals surface area contributed by atoms with Crippen LogP contribution in [-0.4, -0.2) is 55.0 Å². The normalized spacial score (nSPS) is 22.9. The number of carbonyl (C=O) groups is 1. The molecule has 4 heteroatoms. The van der Waals surface area contributed by atoms with Crippen LogP contribution in [0.5, 0.6) is 0 Å². The monoisotopic (exact) mass is 287 g/mol. The molecular weight excluding hydrogens is 262 g/mol. The van der Waals surface area contributed by atoms with Gasteiger partial charge in [-0.25, -0.2) is 0 Å². The van der Waals surface area contributed by atoms with E-state index in [9.17, 15) is 4.79 Å². The minimum absolute atomic E-state index is 0.187. The Balaban J connectivity index is 1.61. The summed E-state index contributed by atoms with van der Waals surface area (Å²) >= 11 is 0. The number of amides is 1. The first kappa shape index (κ1) is 14.5. The zero-order valence-electron chi connectivity index (χ0n) is 12.8. The maximum atomic E-state index is 12.5. The molecular formula is C17H25N3O. The van der Waals surface area contributed by atoms with Crippen molar-refractivity contribution in [2.24, 2.45) is 0 Å². The third-order valence-corrected chi connectivity index (χ3v) is 4.77. The van der Waals surface area contributed by atoms with Crippen LogP contribution in [0.1, 0.15) is 30.5 Å². The number of hydrogen-bond acceptors (Lipinski definition) is 3. The molecule has 114 valence electrons. The van der Waals surface area contributed by atoms with E-state index in [4.69, 9.17) is 0 Å². The van der Waals surface area contributed by atoms with E-state index in [0.717, 1.165) is 45.7 Å². The average molecular weight is 287 g/mol. The second-order valence-corrected chi connectivity index (χ2v) is 5.97. The number of carbonyl (C=O) groups excluding carboxylic acids is 1. The van der Waals surface area contributed by atoms with Gasteiger partial charge < -0.3 is 15.1 Å². The van der Waals surface area contributed by atoms with E-state index in [1.54, 1.807) is 0 Å². The Morgan fingerprint density at radius 1 is 1.24 bits per heavy atom. The van der Waals surface area contributed by atoms with E-state index in [1.807, 2.05) is 4.90 Å². The Kier molecular flexibility index (Phi) is 4.56. The topological polar surface area (TPSA) is 35.6 Å². The number of benzene rings is 1. The van der Waals surface area contributed by atoms with Crippen molar-refractivity contribution in [3.8, 4) is 0 Å². The van der Waals surface area contributed by atoms with Crippen LogP contribution >= 0.6 is 0 Å². The van der Waals surface area contributed by atoms with Gasteiger partial charge in [0.25, 0.3) is 0 Å². The maximum Gasteiger partial charge on any atom is 0.224 e. The van der Waals surface area contributed by atoms with Gasteiger partial charge in [-0.15, -0.1) is 0 Å². The first-order valence-corrected chi connectivity index (χ1v) is 8.09. The van der Waals surface area contributed by atoms with E-state index in [1.165, 1.54) is 11.1 Å². The van der Waals surface area contributed by atoms with Gasteiger partial charge in [0, 0.05) is 38.6 Å². The number of nitrogens with zero attached hydrogens (tertiary/aromatic N) is 2. The molecule has 2 heterocycles. The first-order chi connectivity index (χ1) is 10.3. The van der Waals surface area contributed by atoms with Crippen LogP contribution in [-0.2, 0) is 11.2 Å². The van der Waals surface area contributed by atoms with Crippen LogP contribution in [0.3, 0.4) is 0 Å². The summed E-state index contributed by atoms with van der Waals surface area (Å²) in [5.41, 5.74) is 2.70. The molecule has 0 aliphatic carbocycles. The number of piperazine rings is 1. The molecule has 0 spiro atoms. The van der Waals surface area contributed by atoms with E-state index < -0.39 is 0 Å². The van der Waals surface area contributed by atoms with E-state index in [-0.39, 0.29) is 6.04 Å². The molecule has 3 rings (SSSR count). The summed E-state index contributed by atoms with van der Waals surface area (Å²) in [5.74, 6) is 0.292. The first-order valence-electron chi connectivity index (χ1n) is 8.09. The predicted octanol–water partition coefficient (Wildman–Crippen LogP) is 1.43. The Labute approximate surface area is 127 Å². The number of nitrogens with one attached hydrogen (secondary N) is 1. The molecule has 0 aromatic heterocycles. The molecule has 4 nitrogen and oxygen atoms in total. The van der Waals surface area contributed by atoms with Crippen molar-refractivity contribution in [1.82, 2.24) is 15.1 Å². The molecule has 1 amide bonds. The van der Waals surface area contributed by atoms with Crippen LogP contribution in [0.25, 0.3) is 0 Å². The van der Waals surface area contributed by atoms with Crippen LogP contribution in [0.2, 0.25) is 0 Å². The third-order valence-electron chi connectivity index (χ3n) is 4.77. The van der Waals surface area contributed by atoms with Gasteiger partial charge in [-0.05, 0) is 30.6 Å². The lowest BCUT2D eigenvalue weighted by Crippen LogP contribution is -2.49. The van der Waals surface area contributed by atoms with Crippen molar-refractivity contribution >= 4 is 5.91 Å². The van der Waals surface area contributed by atoms with Gasteiger partial charge in [-0.2, -0.15) is 0 Å². The summed E-state index contributed by atoms with van der Waals surface area (Å²) in [6.07, 6.45) is 1.65. The highest BCUT2D eigenvalue weighted by Crippen LogP contribution is 2.25. The van der Waals surface area contributed by atoms with Crippen molar-refractivity contribution in [2.75, 3.05) is 39.3 Å². The van der Waals surface area contributed by atoms with Crippen LogP contribution in [0.15, 0.2) is 24.3 Å². The Bertz CT molecular complexity index is 495. The minimum atomic E-state index is 0.187. The van der Waals surface area contributed by atoms with Gasteiger partial charge in [-0.3, -0.25) is 4.79 Å². The largest absolute Gasteiger partial charge is 0.340 e. The highest BCUT2D eigenvalue weighted by Gasteiger charge is 2.26. The van der Waals surface area contributed by atoms with Gasteiger partial charge in [0.2, 0.25) is 5.91 Å². The van der Waals surface area contributed by atoms with Crippen LogP contribution < -0.4 is 5.32 Å². The molecule has 0 radical (unpaired) electrons. The number of hydrogen-bond donors (Lipinski definition) is 1. The minimum Gasteiger partial charge on any atom is -0.340 e. The number of likely N-dealkylation sites (N-methyl/N-ethyl adjacent to an activating group) is 1. The molecule has 0 saturated carbocycles. The maximum absolute atomic E-state index is 12.5. The second-order valence-electron chi connectivity index (χ2n) is 5.97. The SMILES string of the molecule is CCN1CCN(C(=O)CC2NCCc3ccccc32)CC1. The number of rotatable bonds is 3. The highest BCUT2D eigenvalue weighted by atomic mass is 16.2. The lowest BCUT2D eigenvalue weighted by Gasteiger charge is -2.35. The average Bonchev–Trinajstić information content (AvgIpc) is 2.55. The molecule has 1 fully saturated rings. The lowest BCUT2D eigenvalue weighted by atomic mass is 9.92. The van der Waals surface area contributed by atoms with Crippen molar-refractivity contribution < 1.29 is 4.79 Å². The van der Waals surface area contributed by atoms with Gasteiger partial charge in [0.05, 0.1) is 0 Å². The summed E-state index contributed by atoms with van der Waals surface area (Å²) in [4.78, 5) is 17.0. The van der Waals surface area contributed by atoms with Gasteiger partial charge in [0.15, 0.2) is 0 Å². The summed E-state index contributed by atoms with van der Waals surface area (Å²) in [5, 5.41) is 3.51. The summed E-state index contributed by atoms with van der Waals surface area (Å²) in [7, 11) is 0. The molecule has 1 atom stereocenters. The zero-order valence-corrected chi connectivity index (χ0v) is 12.8. The van der Waals surface area contributed by atoms with Crippen molar-refractivity contribution in [3.63, 3.8) is 0 Å². The van der Waals surface area contributed by atoms with Gasteiger partial charge in [0.1, 0.15) is 0 Å². The molecule has 1 unspecified atom stereocenters. The fraction of sp³-hybridized carbons (Fsp3) is 0.588. The molecule has 1 saturated heterocycles. The molecule has 2 aliphatic heterocycles. The number of fused-ring (bicyclic) bond motifs is 1. The molecule has 1 aromatic rings. The molecule has 0 bridgehead atoms. The zero-order chi connectivity index (χ0) is 14.7. The van der Waals surface area contributed by atoms with E-state index in [0.29, 0.717) is 12.3 Å². The Morgan fingerprint density at radius 2 is 2.00 bits per heavy atom. The van der Waals surface area contributed by atoms with Crippen LogP contribution in [0, 0.1) is 0 Å². The quantitative estimate of drug-likeness (QED) is 0.913. The third kappa shape index (κ3) is 3.27. The summed E-state index contributed by atoms with van der Waals surface area (Å²) in [6.45, 7) is 8.01. The molecule has 21 heavy (non-hydrogen) atoms. The van der Waals surface area contributed by atoms with E-state index >= 15 is 0 Å². The second kappa shape index (κ2) is 6.58. The predicted molar refractivity (Wildman–Crippen MR) is 84.2 cm³/mol.